The zero-order valence-corrected chi connectivity index (χ0v) is 14.3. The molecule has 132 valence electrons. The Morgan fingerprint density at radius 3 is 2.48 bits per heavy atom. The predicted octanol–water partition coefficient (Wildman–Crippen LogP) is 4.32. The molecular weight excluding hydrogens is 317 g/mol. The number of aliphatic hydroxyl groups excluding tert-OH is 1. The maximum absolute atomic E-state index is 14.4. The van der Waals surface area contributed by atoms with Gasteiger partial charge in [0.2, 0.25) is 5.91 Å². The number of hydrogen-bond donors (Lipinski definition) is 1. The summed E-state index contributed by atoms with van der Waals surface area (Å²) in [6, 6.07) is 14.1. The van der Waals surface area contributed by atoms with E-state index in [0.29, 0.717) is 24.0 Å². The summed E-state index contributed by atoms with van der Waals surface area (Å²) in [5.74, 6) is -0.273. The lowest BCUT2D eigenvalue weighted by Crippen LogP contribution is -2.35. The number of carbonyl (C=O) groups is 1. The number of halogens is 1. The van der Waals surface area contributed by atoms with Gasteiger partial charge in [0, 0.05) is 25.1 Å². The van der Waals surface area contributed by atoms with Crippen LogP contribution in [0.5, 0.6) is 0 Å². The van der Waals surface area contributed by atoms with Crippen molar-refractivity contribution in [2.24, 2.45) is 0 Å². The summed E-state index contributed by atoms with van der Waals surface area (Å²) < 4.78 is 14.4. The third kappa shape index (κ3) is 4.45. The SMILES string of the molecule is O=C(CCC(O)c1ccc(-c2ccccc2)c(F)c1)N1CCCCC1. The average molecular weight is 341 g/mol. The second kappa shape index (κ2) is 8.26. The second-order valence-electron chi connectivity index (χ2n) is 6.60. The normalized spacial score (nSPS) is 15.8. The first kappa shape index (κ1) is 17.6. The van der Waals surface area contributed by atoms with Gasteiger partial charge >= 0.3 is 0 Å². The molecule has 1 aliphatic heterocycles. The van der Waals surface area contributed by atoms with Crippen molar-refractivity contribution < 1.29 is 14.3 Å². The summed E-state index contributed by atoms with van der Waals surface area (Å²) in [5, 5.41) is 10.3. The molecule has 1 fully saturated rings. The van der Waals surface area contributed by atoms with Crippen LogP contribution in [0.15, 0.2) is 48.5 Å². The fourth-order valence-electron chi connectivity index (χ4n) is 3.32. The highest BCUT2D eigenvalue weighted by molar-refractivity contribution is 5.76. The molecule has 1 amide bonds. The molecule has 3 rings (SSSR count). The van der Waals surface area contributed by atoms with Crippen LogP contribution in [0.1, 0.15) is 43.8 Å². The monoisotopic (exact) mass is 341 g/mol. The highest BCUT2D eigenvalue weighted by atomic mass is 19.1. The quantitative estimate of drug-likeness (QED) is 0.880. The Morgan fingerprint density at radius 2 is 1.80 bits per heavy atom. The molecule has 0 radical (unpaired) electrons. The van der Waals surface area contributed by atoms with E-state index in [4.69, 9.17) is 0 Å². The van der Waals surface area contributed by atoms with Gasteiger partial charge in [-0.3, -0.25) is 4.79 Å². The summed E-state index contributed by atoms with van der Waals surface area (Å²) in [6.07, 6.45) is 3.08. The molecule has 0 aliphatic carbocycles. The van der Waals surface area contributed by atoms with Crippen LogP contribution in [0, 0.1) is 5.82 Å². The summed E-state index contributed by atoms with van der Waals surface area (Å²) in [4.78, 5) is 14.1. The Hall–Kier alpha value is -2.20. The molecule has 1 heterocycles. The molecule has 1 aliphatic rings. The van der Waals surface area contributed by atoms with E-state index in [9.17, 15) is 14.3 Å². The molecule has 0 saturated carbocycles. The lowest BCUT2D eigenvalue weighted by atomic mass is 9.99. The molecule has 0 bridgehead atoms. The van der Waals surface area contributed by atoms with Crippen molar-refractivity contribution in [3.63, 3.8) is 0 Å². The van der Waals surface area contributed by atoms with Gasteiger partial charge in [0.05, 0.1) is 6.10 Å². The minimum absolute atomic E-state index is 0.0835. The number of rotatable bonds is 5. The van der Waals surface area contributed by atoms with Crippen molar-refractivity contribution in [2.75, 3.05) is 13.1 Å². The zero-order valence-electron chi connectivity index (χ0n) is 14.3. The van der Waals surface area contributed by atoms with Crippen LogP contribution in [0.3, 0.4) is 0 Å². The van der Waals surface area contributed by atoms with Gasteiger partial charge in [0.1, 0.15) is 5.82 Å². The average Bonchev–Trinajstić information content (AvgIpc) is 2.67. The van der Waals surface area contributed by atoms with Crippen LogP contribution in [0.4, 0.5) is 4.39 Å². The number of likely N-dealkylation sites (tertiary alicyclic amines) is 1. The van der Waals surface area contributed by atoms with Crippen molar-refractivity contribution in [3.8, 4) is 11.1 Å². The van der Waals surface area contributed by atoms with E-state index < -0.39 is 6.10 Å². The van der Waals surface area contributed by atoms with Gasteiger partial charge in [-0.1, -0.05) is 42.5 Å². The molecule has 25 heavy (non-hydrogen) atoms. The molecule has 1 atom stereocenters. The van der Waals surface area contributed by atoms with E-state index in [-0.39, 0.29) is 11.7 Å². The number of nitrogens with zero attached hydrogens (tertiary/aromatic N) is 1. The molecular formula is C21H24FNO2. The molecule has 2 aromatic rings. The van der Waals surface area contributed by atoms with Crippen molar-refractivity contribution in [2.45, 2.75) is 38.2 Å². The standard InChI is InChI=1S/C21H24FNO2/c22-19-15-17(9-10-18(19)16-7-3-1-4-8-16)20(24)11-12-21(25)23-13-5-2-6-14-23/h1,3-4,7-10,15,20,24H,2,5-6,11-14H2. The highest BCUT2D eigenvalue weighted by Crippen LogP contribution is 2.27. The first-order valence-electron chi connectivity index (χ1n) is 8.96. The number of hydrogen-bond acceptors (Lipinski definition) is 2. The Morgan fingerprint density at radius 1 is 1.08 bits per heavy atom. The Balaban J connectivity index is 1.61. The molecule has 3 nitrogen and oxygen atoms in total. The number of amides is 1. The lowest BCUT2D eigenvalue weighted by Gasteiger charge is -2.27. The van der Waals surface area contributed by atoms with Gasteiger partial charge in [-0.25, -0.2) is 4.39 Å². The van der Waals surface area contributed by atoms with E-state index in [2.05, 4.69) is 0 Å². The summed E-state index contributed by atoms with van der Waals surface area (Å²) in [7, 11) is 0. The van der Waals surface area contributed by atoms with Crippen molar-refractivity contribution in [1.82, 2.24) is 4.90 Å². The van der Waals surface area contributed by atoms with Gasteiger partial charge in [-0.15, -0.1) is 0 Å². The summed E-state index contributed by atoms with van der Waals surface area (Å²) >= 11 is 0. The van der Waals surface area contributed by atoms with E-state index in [0.717, 1.165) is 31.5 Å². The molecule has 2 aromatic carbocycles. The predicted molar refractivity (Wildman–Crippen MR) is 96.5 cm³/mol. The number of aliphatic hydroxyl groups is 1. The van der Waals surface area contributed by atoms with Crippen LogP contribution in [0.25, 0.3) is 11.1 Å². The largest absolute Gasteiger partial charge is 0.388 e. The molecule has 0 spiro atoms. The van der Waals surface area contributed by atoms with Crippen LogP contribution in [-0.4, -0.2) is 29.0 Å². The fraction of sp³-hybridized carbons (Fsp3) is 0.381. The molecule has 4 heteroatoms. The van der Waals surface area contributed by atoms with Gasteiger partial charge in [0.25, 0.3) is 0 Å². The Labute approximate surface area is 148 Å². The van der Waals surface area contributed by atoms with Gasteiger partial charge in [-0.05, 0) is 42.9 Å². The third-order valence-corrected chi connectivity index (χ3v) is 4.80. The topological polar surface area (TPSA) is 40.5 Å². The maximum atomic E-state index is 14.4. The minimum atomic E-state index is -0.826. The van der Waals surface area contributed by atoms with E-state index in [1.54, 1.807) is 12.1 Å². The smallest absolute Gasteiger partial charge is 0.222 e. The van der Waals surface area contributed by atoms with E-state index in [1.807, 2.05) is 35.2 Å². The van der Waals surface area contributed by atoms with Crippen molar-refractivity contribution >= 4 is 5.91 Å². The molecule has 1 unspecified atom stereocenters. The van der Waals surface area contributed by atoms with Crippen LogP contribution in [0.2, 0.25) is 0 Å². The first-order valence-corrected chi connectivity index (χ1v) is 8.96. The van der Waals surface area contributed by atoms with Gasteiger partial charge in [-0.2, -0.15) is 0 Å². The summed E-state index contributed by atoms with van der Waals surface area (Å²) in [6.45, 7) is 1.63. The highest BCUT2D eigenvalue weighted by Gasteiger charge is 2.18. The van der Waals surface area contributed by atoms with Gasteiger partial charge in [0.15, 0.2) is 0 Å². The molecule has 1 saturated heterocycles. The third-order valence-electron chi connectivity index (χ3n) is 4.80. The van der Waals surface area contributed by atoms with Gasteiger partial charge < -0.3 is 10.0 Å². The van der Waals surface area contributed by atoms with E-state index in [1.165, 1.54) is 12.5 Å². The Kier molecular flexibility index (Phi) is 5.82. The molecule has 1 N–H and O–H groups in total. The molecule has 0 aromatic heterocycles. The van der Waals surface area contributed by atoms with Crippen LogP contribution in [-0.2, 0) is 4.79 Å². The number of piperidine rings is 1. The lowest BCUT2D eigenvalue weighted by molar-refractivity contribution is -0.132. The number of benzene rings is 2. The Bertz CT molecular complexity index is 711. The second-order valence-corrected chi connectivity index (χ2v) is 6.60. The van der Waals surface area contributed by atoms with E-state index >= 15 is 0 Å². The first-order chi connectivity index (χ1) is 12.1. The number of carbonyl (C=O) groups excluding carboxylic acids is 1. The van der Waals surface area contributed by atoms with Crippen molar-refractivity contribution in [3.05, 3.63) is 59.9 Å². The van der Waals surface area contributed by atoms with Crippen molar-refractivity contribution in [1.29, 1.82) is 0 Å². The zero-order chi connectivity index (χ0) is 17.6. The summed E-state index contributed by atoms with van der Waals surface area (Å²) in [5.41, 5.74) is 1.84. The maximum Gasteiger partial charge on any atom is 0.222 e. The minimum Gasteiger partial charge on any atom is -0.388 e. The fourth-order valence-corrected chi connectivity index (χ4v) is 3.32. The van der Waals surface area contributed by atoms with Crippen LogP contribution < -0.4 is 0 Å². The van der Waals surface area contributed by atoms with Crippen LogP contribution >= 0.6 is 0 Å².